The van der Waals surface area contributed by atoms with Crippen LogP contribution in [0.5, 0.6) is 0 Å². The topological polar surface area (TPSA) is 49.6 Å². The van der Waals surface area contributed by atoms with E-state index < -0.39 is 0 Å². The predicted molar refractivity (Wildman–Crippen MR) is 82.4 cm³/mol. The summed E-state index contributed by atoms with van der Waals surface area (Å²) in [6, 6.07) is 0.259. The molecule has 0 aromatic carbocycles. The molecule has 0 radical (unpaired) electrons. The van der Waals surface area contributed by atoms with Crippen molar-refractivity contribution in [3.8, 4) is 0 Å². The smallest absolute Gasteiger partial charge is 0.291 e. The van der Waals surface area contributed by atoms with Gasteiger partial charge in [0.2, 0.25) is 5.76 Å². The van der Waals surface area contributed by atoms with E-state index in [1.54, 1.807) is 0 Å². The molecule has 1 unspecified atom stereocenters. The number of hydrogen-bond donors (Lipinski definition) is 0. The minimum absolute atomic E-state index is 0.00467. The van der Waals surface area contributed by atoms with Crippen molar-refractivity contribution in [1.82, 2.24) is 14.8 Å². The molecule has 1 atom stereocenters. The summed E-state index contributed by atoms with van der Waals surface area (Å²) in [5, 5.41) is 0. The van der Waals surface area contributed by atoms with Gasteiger partial charge in [0.05, 0.1) is 5.69 Å². The van der Waals surface area contributed by atoms with Crippen molar-refractivity contribution in [2.45, 2.75) is 46.6 Å². The minimum Gasteiger partial charge on any atom is -0.435 e. The third-order valence-corrected chi connectivity index (χ3v) is 4.04. The van der Waals surface area contributed by atoms with Gasteiger partial charge in [-0.1, -0.05) is 20.8 Å². The number of aromatic nitrogens is 1. The Hall–Kier alpha value is -1.36. The van der Waals surface area contributed by atoms with E-state index in [1.165, 1.54) is 0 Å². The van der Waals surface area contributed by atoms with Crippen LogP contribution in [0.1, 0.15) is 49.3 Å². The average molecular weight is 293 g/mol. The Balaban J connectivity index is 2.17. The lowest BCUT2D eigenvalue weighted by Gasteiger charge is -2.39. The molecule has 0 spiro atoms. The fraction of sp³-hybridized carbons (Fsp3) is 0.750. The van der Waals surface area contributed by atoms with Crippen molar-refractivity contribution in [1.29, 1.82) is 0 Å². The third-order valence-electron chi connectivity index (χ3n) is 4.04. The summed E-state index contributed by atoms with van der Waals surface area (Å²) in [7, 11) is 2.10. The first-order chi connectivity index (χ1) is 9.92. The summed E-state index contributed by atoms with van der Waals surface area (Å²) in [6.45, 7) is 10.8. The van der Waals surface area contributed by atoms with Gasteiger partial charge in [0.15, 0.2) is 5.89 Å². The molecule has 0 bridgehead atoms. The molecule has 118 valence electrons. The number of rotatable bonds is 4. The Bertz CT molecular complexity index is 496. The summed E-state index contributed by atoms with van der Waals surface area (Å²) >= 11 is 0. The highest BCUT2D eigenvalue weighted by molar-refractivity contribution is 5.92. The van der Waals surface area contributed by atoms with Crippen LogP contribution in [-0.4, -0.2) is 53.4 Å². The molecule has 0 saturated carbocycles. The molecule has 1 fully saturated rings. The molecule has 1 amide bonds. The number of likely N-dealkylation sites (N-methyl/N-ethyl adjacent to an activating group) is 1. The number of oxazole rings is 1. The number of aryl methyl sites for hydroxylation is 1. The lowest BCUT2D eigenvalue weighted by atomic mass is 10.1. The molecule has 2 heterocycles. The molecular weight excluding hydrogens is 266 g/mol. The van der Waals surface area contributed by atoms with Crippen LogP contribution >= 0.6 is 0 Å². The fourth-order valence-corrected chi connectivity index (χ4v) is 2.85. The van der Waals surface area contributed by atoms with Crippen molar-refractivity contribution < 1.29 is 9.21 Å². The molecule has 1 aromatic rings. The van der Waals surface area contributed by atoms with Gasteiger partial charge in [0, 0.05) is 32.1 Å². The zero-order valence-corrected chi connectivity index (χ0v) is 13.8. The van der Waals surface area contributed by atoms with Gasteiger partial charge in [0.25, 0.3) is 5.91 Å². The van der Waals surface area contributed by atoms with Gasteiger partial charge in [-0.25, -0.2) is 4.98 Å². The quantitative estimate of drug-likeness (QED) is 0.855. The SMILES string of the molecule is CCC1CN(C)CCN1C(=O)c1oc(CC(C)C)nc1C. The van der Waals surface area contributed by atoms with E-state index in [1.807, 2.05) is 11.8 Å². The molecule has 1 aromatic heterocycles. The number of carbonyl (C=O) groups is 1. The monoisotopic (exact) mass is 293 g/mol. The Morgan fingerprint density at radius 2 is 2.14 bits per heavy atom. The van der Waals surface area contributed by atoms with Gasteiger partial charge >= 0.3 is 0 Å². The predicted octanol–water partition coefficient (Wildman–Crippen LogP) is 2.35. The van der Waals surface area contributed by atoms with Crippen molar-refractivity contribution in [2.24, 2.45) is 5.92 Å². The summed E-state index contributed by atoms with van der Waals surface area (Å²) in [6.07, 6.45) is 1.73. The number of piperazine rings is 1. The second-order valence-electron chi connectivity index (χ2n) is 6.44. The lowest BCUT2D eigenvalue weighted by molar-refractivity contribution is 0.0461. The van der Waals surface area contributed by atoms with Gasteiger partial charge in [0.1, 0.15) is 0 Å². The summed E-state index contributed by atoms with van der Waals surface area (Å²) in [5.41, 5.74) is 0.712. The van der Waals surface area contributed by atoms with Crippen LogP contribution in [0.3, 0.4) is 0 Å². The van der Waals surface area contributed by atoms with Crippen molar-refractivity contribution in [3.63, 3.8) is 0 Å². The van der Waals surface area contributed by atoms with Crippen molar-refractivity contribution in [2.75, 3.05) is 26.7 Å². The molecule has 2 rings (SSSR count). The van der Waals surface area contributed by atoms with Gasteiger partial charge in [-0.3, -0.25) is 4.79 Å². The van der Waals surface area contributed by atoms with Gasteiger partial charge < -0.3 is 14.2 Å². The second kappa shape index (κ2) is 6.60. The normalized spacial score (nSPS) is 20.3. The highest BCUT2D eigenvalue weighted by Gasteiger charge is 2.31. The Kier molecular flexibility index (Phi) is 5.04. The summed E-state index contributed by atoms with van der Waals surface area (Å²) in [5.74, 6) is 1.56. The van der Waals surface area contributed by atoms with Crippen molar-refractivity contribution >= 4 is 5.91 Å². The number of carbonyl (C=O) groups excluding carboxylic acids is 1. The van der Waals surface area contributed by atoms with Crippen LogP contribution < -0.4 is 0 Å². The molecule has 1 aliphatic rings. The number of nitrogens with zero attached hydrogens (tertiary/aromatic N) is 3. The van der Waals surface area contributed by atoms with E-state index in [-0.39, 0.29) is 11.9 Å². The van der Waals surface area contributed by atoms with E-state index in [0.717, 1.165) is 32.5 Å². The Morgan fingerprint density at radius 1 is 1.43 bits per heavy atom. The van der Waals surface area contributed by atoms with Crippen LogP contribution in [0.15, 0.2) is 4.42 Å². The lowest BCUT2D eigenvalue weighted by Crippen LogP contribution is -2.53. The van der Waals surface area contributed by atoms with Crippen LogP contribution in [0.4, 0.5) is 0 Å². The Morgan fingerprint density at radius 3 is 2.76 bits per heavy atom. The largest absolute Gasteiger partial charge is 0.435 e. The first-order valence-corrected chi connectivity index (χ1v) is 7.88. The Labute approximate surface area is 127 Å². The molecule has 0 N–H and O–H groups in total. The standard InChI is InChI=1S/C16H27N3O2/c1-6-13-10-18(5)7-8-19(13)16(20)15-12(4)17-14(21-15)9-11(2)3/h11,13H,6-10H2,1-5H3. The van der Waals surface area contributed by atoms with Crippen LogP contribution in [-0.2, 0) is 6.42 Å². The molecule has 0 aliphatic carbocycles. The van der Waals surface area contributed by atoms with Crippen molar-refractivity contribution in [3.05, 3.63) is 17.3 Å². The van der Waals surface area contributed by atoms with E-state index in [4.69, 9.17) is 4.42 Å². The second-order valence-corrected chi connectivity index (χ2v) is 6.44. The maximum absolute atomic E-state index is 12.8. The molecule has 1 saturated heterocycles. The maximum atomic E-state index is 12.8. The zero-order valence-electron chi connectivity index (χ0n) is 13.8. The highest BCUT2D eigenvalue weighted by atomic mass is 16.4. The van der Waals surface area contributed by atoms with Gasteiger partial charge in [-0.05, 0) is 26.3 Å². The summed E-state index contributed by atoms with van der Waals surface area (Å²) < 4.78 is 5.74. The van der Waals surface area contributed by atoms with Crippen LogP contribution in [0, 0.1) is 12.8 Å². The maximum Gasteiger partial charge on any atom is 0.291 e. The third kappa shape index (κ3) is 3.64. The first-order valence-electron chi connectivity index (χ1n) is 7.88. The molecule has 5 heteroatoms. The zero-order chi connectivity index (χ0) is 15.6. The first kappa shape index (κ1) is 16.0. The molecular formula is C16H27N3O2. The van der Waals surface area contributed by atoms with Crippen LogP contribution in [0.2, 0.25) is 0 Å². The molecule has 21 heavy (non-hydrogen) atoms. The van der Waals surface area contributed by atoms with E-state index in [9.17, 15) is 4.79 Å². The van der Waals surface area contributed by atoms with Crippen LogP contribution in [0.25, 0.3) is 0 Å². The minimum atomic E-state index is -0.00467. The van der Waals surface area contributed by atoms with Gasteiger partial charge in [-0.15, -0.1) is 0 Å². The van der Waals surface area contributed by atoms with E-state index in [2.05, 4.69) is 37.7 Å². The fourth-order valence-electron chi connectivity index (χ4n) is 2.85. The molecule has 5 nitrogen and oxygen atoms in total. The number of hydrogen-bond acceptors (Lipinski definition) is 4. The van der Waals surface area contributed by atoms with E-state index >= 15 is 0 Å². The van der Waals surface area contributed by atoms with E-state index in [0.29, 0.717) is 23.3 Å². The average Bonchev–Trinajstić information content (AvgIpc) is 2.77. The highest BCUT2D eigenvalue weighted by Crippen LogP contribution is 2.20. The summed E-state index contributed by atoms with van der Waals surface area (Å²) in [4.78, 5) is 21.4. The van der Waals surface area contributed by atoms with Gasteiger partial charge in [-0.2, -0.15) is 0 Å². The molecule has 1 aliphatic heterocycles. The number of amides is 1.